The quantitative estimate of drug-likeness (QED) is 0.152. The van der Waals surface area contributed by atoms with Crippen molar-refractivity contribution >= 4 is 0 Å². The third-order valence-corrected chi connectivity index (χ3v) is 6.70. The molecule has 0 N–H and O–H groups in total. The van der Waals surface area contributed by atoms with E-state index in [2.05, 4.69) is 36.0 Å². The Hall–Kier alpha value is -0.660. The van der Waals surface area contributed by atoms with Crippen molar-refractivity contribution in [2.75, 3.05) is 19.8 Å². The van der Waals surface area contributed by atoms with Crippen molar-refractivity contribution in [3.05, 3.63) is 12.4 Å². The van der Waals surface area contributed by atoms with Crippen LogP contribution in [-0.2, 0) is 0 Å². The molecule has 1 aliphatic heterocycles. The summed E-state index contributed by atoms with van der Waals surface area (Å²) in [6.07, 6.45) is 34.8. The van der Waals surface area contributed by atoms with Crippen molar-refractivity contribution < 1.29 is 0 Å². The van der Waals surface area contributed by atoms with E-state index in [9.17, 15) is 0 Å². The molecule has 0 unspecified atom stereocenters. The van der Waals surface area contributed by atoms with Crippen LogP contribution in [0.5, 0.6) is 0 Å². The molecule has 0 saturated heterocycles. The molecule has 0 amide bonds. The summed E-state index contributed by atoms with van der Waals surface area (Å²) in [5.74, 6) is 0. The van der Waals surface area contributed by atoms with E-state index < -0.39 is 0 Å². The van der Waals surface area contributed by atoms with Crippen LogP contribution in [0.25, 0.3) is 0 Å². The highest BCUT2D eigenvalue weighted by Gasteiger charge is 2.10. The first-order chi connectivity index (χ1) is 14.9. The summed E-state index contributed by atoms with van der Waals surface area (Å²) in [7, 11) is 0. The number of nitrogens with zero attached hydrogens (tertiary/aromatic N) is 2. The lowest BCUT2D eigenvalue weighted by Crippen LogP contribution is -2.26. The van der Waals surface area contributed by atoms with Gasteiger partial charge in [0.15, 0.2) is 0 Å². The predicted molar refractivity (Wildman–Crippen MR) is 136 cm³/mol. The largest absolute Gasteiger partial charge is 0.359 e. The van der Waals surface area contributed by atoms with Crippen molar-refractivity contribution in [1.29, 1.82) is 0 Å². The molecule has 0 spiro atoms. The molecule has 0 atom stereocenters. The Kier molecular flexibility index (Phi) is 19.7. The van der Waals surface area contributed by atoms with Gasteiger partial charge < -0.3 is 9.80 Å². The van der Waals surface area contributed by atoms with Gasteiger partial charge in [0.25, 0.3) is 0 Å². The van der Waals surface area contributed by atoms with E-state index in [0.717, 1.165) is 6.67 Å². The molecule has 1 heterocycles. The number of rotatable bonds is 23. The number of hydrogen-bond donors (Lipinski definition) is 0. The molecule has 2 heteroatoms. The molecule has 30 heavy (non-hydrogen) atoms. The minimum Gasteiger partial charge on any atom is -0.359 e. The van der Waals surface area contributed by atoms with E-state index in [-0.39, 0.29) is 0 Å². The zero-order chi connectivity index (χ0) is 21.5. The Bertz CT molecular complexity index is 366. The highest BCUT2D eigenvalue weighted by molar-refractivity contribution is 4.90. The molecule has 0 radical (unpaired) electrons. The second-order valence-corrected chi connectivity index (χ2v) is 9.78. The molecule has 1 rings (SSSR count). The van der Waals surface area contributed by atoms with Crippen molar-refractivity contribution in [1.82, 2.24) is 9.80 Å². The first-order valence-electron chi connectivity index (χ1n) is 14.0. The summed E-state index contributed by atoms with van der Waals surface area (Å²) < 4.78 is 0. The van der Waals surface area contributed by atoms with Gasteiger partial charge in [-0.05, 0) is 12.8 Å². The monoisotopic (exact) mass is 420 g/mol. The molecule has 2 nitrogen and oxygen atoms in total. The van der Waals surface area contributed by atoms with Crippen LogP contribution < -0.4 is 0 Å². The Balaban J connectivity index is 1.73. The van der Waals surface area contributed by atoms with Gasteiger partial charge in [-0.25, -0.2) is 0 Å². The first-order valence-corrected chi connectivity index (χ1v) is 14.0. The first kappa shape index (κ1) is 27.4. The maximum Gasteiger partial charge on any atom is 0.0893 e. The van der Waals surface area contributed by atoms with Crippen molar-refractivity contribution in [2.45, 2.75) is 149 Å². The van der Waals surface area contributed by atoms with E-state index in [4.69, 9.17) is 0 Å². The maximum absolute atomic E-state index is 2.50. The van der Waals surface area contributed by atoms with Gasteiger partial charge in [0.2, 0.25) is 0 Å². The van der Waals surface area contributed by atoms with E-state index in [1.54, 1.807) is 0 Å². The fourth-order valence-corrected chi connectivity index (χ4v) is 4.59. The SMILES string of the molecule is CCCCCCCCCCCCCCCCCCCN1C=CN(CCCCCC)C1. The fourth-order valence-electron chi connectivity index (χ4n) is 4.59. The zero-order valence-corrected chi connectivity index (χ0v) is 21.0. The van der Waals surface area contributed by atoms with Crippen LogP contribution >= 0.6 is 0 Å². The maximum atomic E-state index is 2.50. The summed E-state index contributed by atoms with van der Waals surface area (Å²) in [6.45, 7) is 8.21. The number of unbranched alkanes of at least 4 members (excludes halogenated alkanes) is 19. The zero-order valence-electron chi connectivity index (χ0n) is 21.0. The second kappa shape index (κ2) is 21.6. The molecular formula is C28H56N2. The Morgan fingerprint density at radius 3 is 1.00 bits per heavy atom. The van der Waals surface area contributed by atoms with Crippen LogP contribution in [-0.4, -0.2) is 29.6 Å². The standard InChI is InChI=1S/C28H56N2/c1-3-5-7-9-10-11-12-13-14-15-16-17-18-19-20-21-23-25-30-27-26-29(28-30)24-22-8-6-4-2/h26-27H,3-25,28H2,1-2H3. The smallest absolute Gasteiger partial charge is 0.0893 e. The Morgan fingerprint density at radius 2 is 0.667 bits per heavy atom. The van der Waals surface area contributed by atoms with E-state index >= 15 is 0 Å². The van der Waals surface area contributed by atoms with Crippen molar-refractivity contribution in [3.63, 3.8) is 0 Å². The molecule has 0 aromatic rings. The van der Waals surface area contributed by atoms with Gasteiger partial charge >= 0.3 is 0 Å². The van der Waals surface area contributed by atoms with Crippen molar-refractivity contribution in [3.8, 4) is 0 Å². The molecule has 178 valence electrons. The summed E-state index contributed by atoms with van der Waals surface area (Å²) in [4.78, 5) is 4.99. The van der Waals surface area contributed by atoms with Gasteiger partial charge in [0.1, 0.15) is 0 Å². The summed E-state index contributed by atoms with van der Waals surface area (Å²) in [5, 5.41) is 0. The average Bonchev–Trinajstić information content (AvgIpc) is 3.21. The van der Waals surface area contributed by atoms with E-state index in [0.29, 0.717) is 0 Å². The summed E-state index contributed by atoms with van der Waals surface area (Å²) in [5.41, 5.74) is 0. The van der Waals surface area contributed by atoms with Crippen LogP contribution in [0.15, 0.2) is 12.4 Å². The van der Waals surface area contributed by atoms with Gasteiger partial charge in [-0.15, -0.1) is 0 Å². The fraction of sp³-hybridized carbons (Fsp3) is 0.929. The van der Waals surface area contributed by atoms with Gasteiger partial charge in [-0.2, -0.15) is 0 Å². The van der Waals surface area contributed by atoms with E-state index in [1.807, 2.05) is 0 Å². The van der Waals surface area contributed by atoms with Gasteiger partial charge in [-0.3, -0.25) is 0 Å². The lowest BCUT2D eigenvalue weighted by Gasteiger charge is -2.21. The minimum atomic E-state index is 1.13. The molecule has 0 aromatic carbocycles. The van der Waals surface area contributed by atoms with Crippen LogP contribution in [0.3, 0.4) is 0 Å². The Morgan fingerprint density at radius 1 is 0.400 bits per heavy atom. The third kappa shape index (κ3) is 17.1. The molecule has 0 saturated carbocycles. The third-order valence-electron chi connectivity index (χ3n) is 6.70. The lowest BCUT2D eigenvalue weighted by molar-refractivity contribution is 0.257. The molecule has 0 bridgehead atoms. The molecule has 0 aliphatic carbocycles. The van der Waals surface area contributed by atoms with Crippen LogP contribution in [0, 0.1) is 0 Å². The summed E-state index contributed by atoms with van der Waals surface area (Å²) in [6, 6.07) is 0. The van der Waals surface area contributed by atoms with Gasteiger partial charge in [-0.1, -0.05) is 136 Å². The highest BCUT2D eigenvalue weighted by atomic mass is 15.3. The van der Waals surface area contributed by atoms with Crippen LogP contribution in [0.1, 0.15) is 149 Å². The average molecular weight is 421 g/mol. The normalized spacial score (nSPS) is 13.7. The van der Waals surface area contributed by atoms with Crippen LogP contribution in [0.4, 0.5) is 0 Å². The van der Waals surface area contributed by atoms with Gasteiger partial charge in [0, 0.05) is 25.5 Å². The molecule has 1 aliphatic rings. The van der Waals surface area contributed by atoms with Crippen molar-refractivity contribution in [2.24, 2.45) is 0 Å². The Labute approximate surface area is 190 Å². The highest BCUT2D eigenvalue weighted by Crippen LogP contribution is 2.15. The topological polar surface area (TPSA) is 6.48 Å². The number of hydrogen-bond acceptors (Lipinski definition) is 2. The summed E-state index contributed by atoms with van der Waals surface area (Å²) >= 11 is 0. The lowest BCUT2D eigenvalue weighted by atomic mass is 10.0. The molecule has 0 fully saturated rings. The molecule has 0 aromatic heterocycles. The van der Waals surface area contributed by atoms with Gasteiger partial charge in [0.05, 0.1) is 6.67 Å². The van der Waals surface area contributed by atoms with E-state index in [1.165, 1.54) is 148 Å². The second-order valence-electron chi connectivity index (χ2n) is 9.78. The van der Waals surface area contributed by atoms with Crippen LogP contribution in [0.2, 0.25) is 0 Å². The minimum absolute atomic E-state index is 1.13. The predicted octanol–water partition coefficient (Wildman–Crippen LogP) is 9.26. The molecular weight excluding hydrogens is 364 g/mol.